The van der Waals surface area contributed by atoms with Crippen molar-refractivity contribution < 1.29 is 28.6 Å². The number of rotatable bonds is 47. The average molecular weight is 831 g/mol. The van der Waals surface area contributed by atoms with Gasteiger partial charge in [0.25, 0.3) is 0 Å². The highest BCUT2D eigenvalue weighted by Crippen LogP contribution is 2.16. The molecule has 6 nitrogen and oxygen atoms in total. The third-order valence-corrected chi connectivity index (χ3v) is 11.5. The van der Waals surface area contributed by atoms with Crippen LogP contribution in [0, 0.1) is 0 Å². The molecule has 0 aliphatic rings. The van der Waals surface area contributed by atoms with Gasteiger partial charge in [0.15, 0.2) is 6.10 Å². The molecule has 59 heavy (non-hydrogen) atoms. The molecule has 0 amide bonds. The Labute approximate surface area is 366 Å². The minimum Gasteiger partial charge on any atom is -0.462 e. The molecule has 0 heterocycles. The molecule has 0 aromatic rings. The van der Waals surface area contributed by atoms with Crippen LogP contribution in [-0.4, -0.2) is 37.2 Å². The summed E-state index contributed by atoms with van der Waals surface area (Å²) in [5.74, 6) is -0.865. The Morgan fingerprint density at radius 2 is 0.610 bits per heavy atom. The van der Waals surface area contributed by atoms with Gasteiger partial charge in [-0.25, -0.2) is 0 Å². The van der Waals surface area contributed by atoms with E-state index in [1.807, 2.05) is 0 Å². The summed E-state index contributed by atoms with van der Waals surface area (Å²) in [6, 6.07) is 0. The van der Waals surface area contributed by atoms with Gasteiger partial charge in [-0.05, 0) is 51.4 Å². The van der Waals surface area contributed by atoms with Crippen LogP contribution < -0.4 is 0 Å². The van der Waals surface area contributed by atoms with Crippen LogP contribution in [0.5, 0.6) is 0 Å². The molecule has 0 rings (SSSR count). The maximum atomic E-state index is 12.7. The maximum absolute atomic E-state index is 12.7. The Hall–Kier alpha value is -2.11. The van der Waals surface area contributed by atoms with Crippen molar-refractivity contribution in [1.29, 1.82) is 0 Å². The number of carbonyl (C=O) groups is 3. The van der Waals surface area contributed by atoms with E-state index in [-0.39, 0.29) is 31.1 Å². The Bertz CT molecular complexity index is 958. The zero-order valence-corrected chi connectivity index (χ0v) is 39.5. The largest absolute Gasteiger partial charge is 0.462 e. The fraction of sp³-hybridized carbons (Fsp3) is 0.868. The molecule has 0 fully saturated rings. The van der Waals surface area contributed by atoms with Crippen LogP contribution in [0.2, 0.25) is 0 Å². The van der Waals surface area contributed by atoms with E-state index in [0.29, 0.717) is 19.3 Å². The highest BCUT2D eigenvalue weighted by atomic mass is 16.6. The number of carbonyl (C=O) groups excluding carboxylic acids is 3. The van der Waals surface area contributed by atoms with Gasteiger partial charge >= 0.3 is 17.9 Å². The molecule has 6 heteroatoms. The Morgan fingerprint density at radius 3 is 0.932 bits per heavy atom. The van der Waals surface area contributed by atoms with Gasteiger partial charge in [-0.15, -0.1) is 0 Å². The minimum atomic E-state index is -0.763. The summed E-state index contributed by atoms with van der Waals surface area (Å²) in [5.41, 5.74) is 0. The molecule has 0 N–H and O–H groups in total. The molecular formula is C53H98O6. The summed E-state index contributed by atoms with van der Waals surface area (Å²) < 4.78 is 16.7. The summed E-state index contributed by atoms with van der Waals surface area (Å²) in [6.45, 7) is 6.60. The third-order valence-electron chi connectivity index (χ3n) is 11.5. The van der Waals surface area contributed by atoms with Gasteiger partial charge < -0.3 is 14.2 Å². The van der Waals surface area contributed by atoms with Crippen molar-refractivity contribution >= 4 is 17.9 Å². The molecule has 0 radical (unpaired) electrons. The maximum Gasteiger partial charge on any atom is 0.306 e. The predicted molar refractivity (Wildman–Crippen MR) is 252 cm³/mol. The SMILES string of the molecule is CCCCCCC/C=C\C/C=C\CCCCCCCCCCCCCC(=O)OCC(COC(=O)CCCCCCCCCC)OC(=O)CCCCCCCCCCCC. The molecule has 1 atom stereocenters. The number of ether oxygens (including phenoxy) is 3. The lowest BCUT2D eigenvalue weighted by atomic mass is 10.0. The average Bonchev–Trinajstić information content (AvgIpc) is 3.23. The first-order valence-corrected chi connectivity index (χ1v) is 25.8. The molecule has 1 unspecified atom stereocenters. The van der Waals surface area contributed by atoms with Gasteiger partial charge in [0.05, 0.1) is 0 Å². The van der Waals surface area contributed by atoms with Gasteiger partial charge in [0.2, 0.25) is 0 Å². The van der Waals surface area contributed by atoms with Gasteiger partial charge in [0.1, 0.15) is 13.2 Å². The van der Waals surface area contributed by atoms with Crippen molar-refractivity contribution in [3.8, 4) is 0 Å². The summed E-state index contributed by atoms with van der Waals surface area (Å²) in [6.07, 6.45) is 54.7. The van der Waals surface area contributed by atoms with Crippen molar-refractivity contribution in [1.82, 2.24) is 0 Å². The van der Waals surface area contributed by atoms with Crippen LogP contribution in [0.15, 0.2) is 24.3 Å². The van der Waals surface area contributed by atoms with E-state index in [4.69, 9.17) is 14.2 Å². The molecule has 0 saturated heterocycles. The van der Waals surface area contributed by atoms with Crippen molar-refractivity contribution in [3.63, 3.8) is 0 Å². The first-order valence-electron chi connectivity index (χ1n) is 25.8. The zero-order valence-electron chi connectivity index (χ0n) is 39.5. The number of hydrogen-bond donors (Lipinski definition) is 0. The third kappa shape index (κ3) is 46.8. The monoisotopic (exact) mass is 831 g/mol. The molecule has 0 aromatic heterocycles. The second kappa shape index (κ2) is 48.6. The van der Waals surface area contributed by atoms with Gasteiger partial charge in [-0.3, -0.25) is 14.4 Å². The van der Waals surface area contributed by atoms with E-state index < -0.39 is 6.10 Å². The lowest BCUT2D eigenvalue weighted by Crippen LogP contribution is -2.30. The fourth-order valence-electron chi connectivity index (χ4n) is 7.53. The Balaban J connectivity index is 4.13. The van der Waals surface area contributed by atoms with Gasteiger partial charge in [-0.1, -0.05) is 231 Å². The quantitative estimate of drug-likeness (QED) is 0.0263. The summed E-state index contributed by atoms with van der Waals surface area (Å²) >= 11 is 0. The molecule has 0 aliphatic carbocycles. The van der Waals surface area contributed by atoms with Crippen molar-refractivity contribution in [2.75, 3.05) is 13.2 Å². The van der Waals surface area contributed by atoms with E-state index in [1.54, 1.807) is 0 Å². The molecule has 0 saturated carbocycles. The topological polar surface area (TPSA) is 78.9 Å². The van der Waals surface area contributed by atoms with E-state index in [2.05, 4.69) is 45.1 Å². The molecule has 0 aromatic carbocycles. The fourth-order valence-corrected chi connectivity index (χ4v) is 7.53. The lowest BCUT2D eigenvalue weighted by molar-refractivity contribution is -0.167. The molecule has 0 bridgehead atoms. The summed E-state index contributed by atoms with van der Waals surface area (Å²) in [7, 11) is 0. The lowest BCUT2D eigenvalue weighted by Gasteiger charge is -2.18. The molecule has 0 spiro atoms. The van der Waals surface area contributed by atoms with E-state index in [0.717, 1.165) is 64.2 Å². The normalized spacial score (nSPS) is 12.1. The van der Waals surface area contributed by atoms with Crippen LogP contribution in [0.3, 0.4) is 0 Å². The first-order chi connectivity index (χ1) is 29.0. The van der Waals surface area contributed by atoms with Crippen molar-refractivity contribution in [2.45, 2.75) is 284 Å². The molecular weight excluding hydrogens is 733 g/mol. The first kappa shape index (κ1) is 56.9. The van der Waals surface area contributed by atoms with E-state index in [1.165, 1.54) is 173 Å². The Kier molecular flexibility index (Phi) is 46.8. The smallest absolute Gasteiger partial charge is 0.306 e. The molecule has 0 aliphatic heterocycles. The van der Waals surface area contributed by atoms with Gasteiger partial charge in [0, 0.05) is 19.3 Å². The zero-order chi connectivity index (χ0) is 43.0. The minimum absolute atomic E-state index is 0.0678. The highest BCUT2D eigenvalue weighted by Gasteiger charge is 2.19. The summed E-state index contributed by atoms with van der Waals surface area (Å²) in [4.78, 5) is 37.7. The Morgan fingerprint density at radius 1 is 0.339 bits per heavy atom. The van der Waals surface area contributed by atoms with Crippen molar-refractivity contribution in [2.24, 2.45) is 0 Å². The van der Waals surface area contributed by atoms with Crippen LogP contribution >= 0.6 is 0 Å². The standard InChI is InChI=1S/C53H98O6/c1-4-7-10-13-16-19-21-22-23-24-25-26-27-28-29-30-31-32-33-35-37-40-43-46-52(55)58-49-50(48-57-51(54)45-42-39-36-18-15-12-9-6-3)59-53(56)47-44-41-38-34-20-17-14-11-8-5-2/h21-22,24-25,50H,4-20,23,26-49H2,1-3H3/b22-21-,25-24-. The number of unbranched alkanes of at least 4 members (excludes halogenated alkanes) is 32. The van der Waals surface area contributed by atoms with Crippen molar-refractivity contribution in [3.05, 3.63) is 24.3 Å². The second-order valence-corrected chi connectivity index (χ2v) is 17.4. The number of hydrogen-bond acceptors (Lipinski definition) is 6. The van der Waals surface area contributed by atoms with Crippen LogP contribution in [-0.2, 0) is 28.6 Å². The number of allylic oxidation sites excluding steroid dienone is 4. The van der Waals surface area contributed by atoms with E-state index >= 15 is 0 Å². The van der Waals surface area contributed by atoms with Gasteiger partial charge in [-0.2, -0.15) is 0 Å². The summed E-state index contributed by atoms with van der Waals surface area (Å²) in [5, 5.41) is 0. The van der Waals surface area contributed by atoms with Crippen LogP contribution in [0.1, 0.15) is 278 Å². The van der Waals surface area contributed by atoms with Crippen LogP contribution in [0.4, 0.5) is 0 Å². The molecule has 346 valence electrons. The van der Waals surface area contributed by atoms with Crippen LogP contribution in [0.25, 0.3) is 0 Å². The predicted octanol–water partition coefficient (Wildman–Crippen LogP) is 16.8. The number of esters is 3. The highest BCUT2D eigenvalue weighted by molar-refractivity contribution is 5.71. The second-order valence-electron chi connectivity index (χ2n) is 17.4. The van der Waals surface area contributed by atoms with E-state index in [9.17, 15) is 14.4 Å².